The van der Waals surface area contributed by atoms with E-state index >= 15 is 0 Å². The molecule has 0 fully saturated rings. The number of imidazole rings is 1. The van der Waals surface area contributed by atoms with E-state index < -0.39 is 40.6 Å². The van der Waals surface area contributed by atoms with E-state index in [9.17, 15) is 35.2 Å². The molecule has 0 atom stereocenters. The van der Waals surface area contributed by atoms with Crippen LogP contribution in [-0.4, -0.2) is 36.4 Å². The van der Waals surface area contributed by atoms with E-state index in [-0.39, 0.29) is 45.1 Å². The van der Waals surface area contributed by atoms with Gasteiger partial charge in [0.05, 0.1) is 22.5 Å². The summed E-state index contributed by atoms with van der Waals surface area (Å²) in [6.45, 7) is -0.474. The highest BCUT2D eigenvalue weighted by molar-refractivity contribution is 7.90. The molecule has 0 unspecified atom stereocenters. The Balaban J connectivity index is 1.42. The maximum absolute atomic E-state index is 13.9. The molecule has 5 rings (SSSR count). The van der Waals surface area contributed by atoms with Crippen LogP contribution in [0.5, 0.6) is 11.5 Å². The third-order valence-corrected chi connectivity index (χ3v) is 7.04. The molecular formula is C25H18F5N3O5S. The van der Waals surface area contributed by atoms with Crippen molar-refractivity contribution >= 4 is 26.8 Å². The van der Waals surface area contributed by atoms with Gasteiger partial charge in [-0.1, -0.05) is 24.3 Å². The molecule has 8 nitrogen and oxygen atoms in total. The van der Waals surface area contributed by atoms with Gasteiger partial charge in [-0.3, -0.25) is 4.79 Å². The second-order valence-electron chi connectivity index (χ2n) is 8.73. The van der Waals surface area contributed by atoms with Crippen molar-refractivity contribution in [3.05, 3.63) is 83.2 Å². The van der Waals surface area contributed by atoms with Crippen molar-refractivity contribution in [2.45, 2.75) is 30.5 Å². The molecule has 2 heterocycles. The van der Waals surface area contributed by atoms with Gasteiger partial charge in [0.1, 0.15) is 0 Å². The van der Waals surface area contributed by atoms with E-state index in [1.165, 1.54) is 60.7 Å². The minimum Gasteiger partial charge on any atom is -0.395 e. The zero-order valence-electron chi connectivity index (χ0n) is 19.9. The number of para-hydroxylation sites is 1. The van der Waals surface area contributed by atoms with Gasteiger partial charge in [-0.05, 0) is 42.0 Å². The van der Waals surface area contributed by atoms with Gasteiger partial charge in [0.25, 0.3) is 5.91 Å². The molecule has 1 aromatic heterocycles. The van der Waals surface area contributed by atoms with Crippen LogP contribution < -0.4 is 14.8 Å². The molecule has 39 heavy (non-hydrogen) atoms. The maximum atomic E-state index is 13.9. The average molecular weight is 567 g/mol. The van der Waals surface area contributed by atoms with Crippen LogP contribution in [0.4, 0.5) is 22.0 Å². The Kier molecular flexibility index (Phi) is 6.24. The fourth-order valence-electron chi connectivity index (χ4n) is 4.11. The van der Waals surface area contributed by atoms with E-state index in [0.29, 0.717) is 5.56 Å². The summed E-state index contributed by atoms with van der Waals surface area (Å²) in [5, 5.41) is 2.62. The number of amides is 1. The summed E-state index contributed by atoms with van der Waals surface area (Å²) in [6, 6.07) is 13.5. The highest BCUT2D eigenvalue weighted by Gasteiger charge is 2.45. The van der Waals surface area contributed by atoms with Crippen molar-refractivity contribution in [3.8, 4) is 11.5 Å². The first-order chi connectivity index (χ1) is 18.2. The Morgan fingerprint density at radius 2 is 1.77 bits per heavy atom. The van der Waals surface area contributed by atoms with Crippen LogP contribution >= 0.6 is 0 Å². The minimum absolute atomic E-state index is 0.0122. The second-order valence-corrected chi connectivity index (χ2v) is 10.7. The topological polar surface area (TPSA) is 99.5 Å². The van der Waals surface area contributed by atoms with Crippen LogP contribution in [0.1, 0.15) is 27.3 Å². The third-order valence-electron chi connectivity index (χ3n) is 5.91. The largest absolute Gasteiger partial charge is 0.586 e. The molecule has 0 saturated carbocycles. The predicted octanol–water partition coefficient (Wildman–Crippen LogP) is 4.76. The number of benzene rings is 3. The van der Waals surface area contributed by atoms with E-state index in [2.05, 4.69) is 19.8 Å². The predicted molar refractivity (Wildman–Crippen MR) is 127 cm³/mol. The number of nitrogens with one attached hydrogen (secondary N) is 1. The lowest BCUT2D eigenvalue weighted by molar-refractivity contribution is -0.287. The number of halogens is 5. The number of carbonyl (C=O) groups is 1. The Morgan fingerprint density at radius 3 is 2.44 bits per heavy atom. The number of rotatable bonds is 6. The Labute approximate surface area is 217 Å². The molecule has 0 bridgehead atoms. The average Bonchev–Trinajstić information content (AvgIpc) is 3.38. The van der Waals surface area contributed by atoms with E-state index in [1.807, 2.05) is 0 Å². The lowest BCUT2D eigenvalue weighted by Gasteiger charge is -2.13. The molecule has 0 radical (unpaired) electrons. The number of hydrogen-bond donors (Lipinski definition) is 1. The van der Waals surface area contributed by atoms with Crippen LogP contribution in [0.25, 0.3) is 11.0 Å². The number of hydrogen-bond acceptors (Lipinski definition) is 6. The van der Waals surface area contributed by atoms with Crippen molar-refractivity contribution in [3.63, 3.8) is 0 Å². The molecule has 3 aromatic carbocycles. The highest BCUT2D eigenvalue weighted by Crippen LogP contribution is 2.44. The summed E-state index contributed by atoms with van der Waals surface area (Å²) >= 11 is 0. The van der Waals surface area contributed by atoms with E-state index in [1.54, 1.807) is 0 Å². The van der Waals surface area contributed by atoms with Gasteiger partial charge >= 0.3 is 12.5 Å². The van der Waals surface area contributed by atoms with Crippen molar-refractivity contribution < 1.29 is 44.6 Å². The Bertz CT molecular complexity index is 1700. The first kappa shape index (κ1) is 26.4. The molecular weight excluding hydrogens is 549 g/mol. The van der Waals surface area contributed by atoms with Crippen molar-refractivity contribution in [1.82, 2.24) is 14.9 Å². The molecule has 1 aliphatic rings. The molecule has 4 aromatic rings. The van der Waals surface area contributed by atoms with E-state index in [0.717, 1.165) is 10.8 Å². The zero-order valence-corrected chi connectivity index (χ0v) is 20.7. The summed E-state index contributed by atoms with van der Waals surface area (Å²) in [6.07, 6.45) is -7.77. The zero-order chi connectivity index (χ0) is 28.2. The van der Waals surface area contributed by atoms with Crippen LogP contribution in [-0.2, 0) is 29.1 Å². The fourth-order valence-corrected chi connectivity index (χ4v) is 4.74. The SMILES string of the molecule is CS(=O)(=O)c1ccc(CNC(=O)c2ccc3c(c2)nc(C(F)(F)F)n3Cc2cccc3c2OC(F)(F)O3)cc1. The summed E-state index contributed by atoms with van der Waals surface area (Å²) in [7, 11) is -3.38. The van der Waals surface area contributed by atoms with E-state index in [4.69, 9.17) is 0 Å². The molecule has 1 N–H and O–H groups in total. The minimum atomic E-state index is -4.89. The molecule has 1 aliphatic heterocycles. The fraction of sp³-hybridized carbons (Fsp3) is 0.200. The molecule has 1 amide bonds. The molecule has 204 valence electrons. The van der Waals surface area contributed by atoms with Gasteiger partial charge in [0, 0.05) is 23.9 Å². The van der Waals surface area contributed by atoms with Crippen LogP contribution in [0, 0.1) is 0 Å². The van der Waals surface area contributed by atoms with Gasteiger partial charge in [0.15, 0.2) is 21.3 Å². The number of nitrogens with zero attached hydrogens (tertiary/aromatic N) is 2. The van der Waals surface area contributed by atoms with Crippen molar-refractivity contribution in [2.75, 3.05) is 6.26 Å². The standard InChI is InChI=1S/C25H18F5N3O5S/c1-39(35,36)17-8-5-14(6-9-17)12-31-22(34)15-7-10-19-18(11-15)32-23(24(26,27)28)33(19)13-16-3-2-4-20-21(16)38-25(29,30)37-20/h2-11H,12-13H2,1H3,(H,31,34). The number of carbonyl (C=O) groups excluding carboxylic acids is 1. The lowest BCUT2D eigenvalue weighted by atomic mass is 10.1. The van der Waals surface area contributed by atoms with Crippen molar-refractivity contribution in [1.29, 1.82) is 0 Å². The second kappa shape index (κ2) is 9.22. The Morgan fingerprint density at radius 1 is 1.05 bits per heavy atom. The van der Waals surface area contributed by atoms with Gasteiger partial charge in [0.2, 0.25) is 5.82 Å². The third kappa shape index (κ3) is 5.37. The number of fused-ring (bicyclic) bond motifs is 2. The number of sulfone groups is 1. The number of aromatic nitrogens is 2. The number of ether oxygens (including phenoxy) is 2. The summed E-state index contributed by atoms with van der Waals surface area (Å²) < 4.78 is 102. The molecule has 14 heteroatoms. The normalized spacial score (nSPS) is 14.5. The lowest BCUT2D eigenvalue weighted by Crippen LogP contribution is -2.26. The summed E-state index contributed by atoms with van der Waals surface area (Å²) in [4.78, 5) is 16.5. The maximum Gasteiger partial charge on any atom is 0.586 e. The highest BCUT2D eigenvalue weighted by atomic mass is 32.2. The monoisotopic (exact) mass is 567 g/mol. The van der Waals surface area contributed by atoms with Gasteiger partial charge in [-0.2, -0.15) is 13.2 Å². The molecule has 0 spiro atoms. The summed E-state index contributed by atoms with van der Waals surface area (Å²) in [5.41, 5.74) is 0.525. The van der Waals surface area contributed by atoms with Crippen LogP contribution in [0.15, 0.2) is 65.6 Å². The van der Waals surface area contributed by atoms with Gasteiger partial charge < -0.3 is 19.4 Å². The number of alkyl halides is 5. The smallest absolute Gasteiger partial charge is 0.395 e. The molecule has 0 saturated heterocycles. The van der Waals surface area contributed by atoms with Crippen molar-refractivity contribution in [2.24, 2.45) is 0 Å². The van der Waals surface area contributed by atoms with Crippen LogP contribution in [0.3, 0.4) is 0 Å². The van der Waals surface area contributed by atoms with Crippen LogP contribution in [0.2, 0.25) is 0 Å². The van der Waals surface area contributed by atoms with Gasteiger partial charge in [-0.25, -0.2) is 13.4 Å². The van der Waals surface area contributed by atoms with Gasteiger partial charge in [-0.15, -0.1) is 8.78 Å². The first-order valence-corrected chi connectivity index (χ1v) is 13.1. The first-order valence-electron chi connectivity index (χ1n) is 11.2. The quantitative estimate of drug-likeness (QED) is 0.338. The Hall–Kier alpha value is -4.20. The summed E-state index contributed by atoms with van der Waals surface area (Å²) in [5.74, 6) is -2.57. The molecule has 0 aliphatic carbocycles.